The van der Waals surface area contributed by atoms with Gasteiger partial charge in [-0.3, -0.25) is 0 Å². The number of aromatic carboxylic acids is 1. The SMILES string of the molecule is COCc1c(C(=O)O)nnn1Cc1nc(C)no1. The number of carboxylic acids is 1. The van der Waals surface area contributed by atoms with Gasteiger partial charge in [-0.05, 0) is 6.92 Å². The average Bonchev–Trinajstić information content (AvgIpc) is 2.88. The zero-order chi connectivity index (χ0) is 13.1. The zero-order valence-electron chi connectivity index (χ0n) is 9.82. The third-order valence-electron chi connectivity index (χ3n) is 2.18. The Bertz CT molecular complexity index is 561. The molecule has 0 radical (unpaired) electrons. The van der Waals surface area contributed by atoms with Crippen molar-refractivity contribution in [2.45, 2.75) is 20.1 Å². The number of methoxy groups -OCH3 is 1. The van der Waals surface area contributed by atoms with Crippen molar-refractivity contribution in [3.8, 4) is 0 Å². The Morgan fingerprint density at radius 3 is 2.89 bits per heavy atom. The zero-order valence-corrected chi connectivity index (χ0v) is 9.82. The maximum atomic E-state index is 10.9. The highest BCUT2D eigenvalue weighted by Crippen LogP contribution is 2.09. The minimum atomic E-state index is -1.16. The number of carbonyl (C=O) groups is 1. The van der Waals surface area contributed by atoms with Crippen LogP contribution in [-0.2, 0) is 17.9 Å². The number of aromatic nitrogens is 5. The average molecular weight is 253 g/mol. The first kappa shape index (κ1) is 12.2. The van der Waals surface area contributed by atoms with Gasteiger partial charge in [0.2, 0.25) is 5.89 Å². The number of aryl methyl sites for hydroxylation is 1. The summed E-state index contributed by atoms with van der Waals surface area (Å²) in [6.45, 7) is 1.93. The first-order valence-electron chi connectivity index (χ1n) is 5.05. The lowest BCUT2D eigenvalue weighted by Crippen LogP contribution is -2.10. The Kier molecular flexibility index (Phi) is 3.33. The van der Waals surface area contributed by atoms with Crippen LogP contribution < -0.4 is 0 Å². The second-order valence-corrected chi connectivity index (χ2v) is 3.52. The van der Waals surface area contributed by atoms with E-state index in [1.807, 2.05) is 0 Å². The topological polar surface area (TPSA) is 116 Å². The minimum Gasteiger partial charge on any atom is -0.476 e. The molecule has 18 heavy (non-hydrogen) atoms. The Morgan fingerprint density at radius 1 is 1.56 bits per heavy atom. The molecule has 0 bridgehead atoms. The summed E-state index contributed by atoms with van der Waals surface area (Å²) >= 11 is 0. The predicted octanol–water partition coefficient (Wildman–Crippen LogP) is -0.138. The van der Waals surface area contributed by atoms with Gasteiger partial charge in [-0.2, -0.15) is 4.98 Å². The fourth-order valence-corrected chi connectivity index (χ4v) is 1.44. The van der Waals surface area contributed by atoms with E-state index in [9.17, 15) is 4.79 Å². The van der Waals surface area contributed by atoms with E-state index in [0.29, 0.717) is 17.4 Å². The standard InChI is InChI=1S/C9H11N5O4/c1-5-10-7(18-12-5)3-14-6(4-17-2)8(9(15)16)11-13-14/h3-4H2,1-2H3,(H,15,16). The van der Waals surface area contributed by atoms with Crippen LogP contribution in [0.3, 0.4) is 0 Å². The van der Waals surface area contributed by atoms with Gasteiger partial charge < -0.3 is 14.4 Å². The molecule has 2 rings (SSSR count). The van der Waals surface area contributed by atoms with Gasteiger partial charge >= 0.3 is 5.97 Å². The normalized spacial score (nSPS) is 10.8. The van der Waals surface area contributed by atoms with E-state index in [1.54, 1.807) is 6.92 Å². The van der Waals surface area contributed by atoms with Crippen molar-refractivity contribution in [2.24, 2.45) is 0 Å². The lowest BCUT2D eigenvalue weighted by atomic mass is 10.3. The van der Waals surface area contributed by atoms with Crippen LogP contribution in [0.4, 0.5) is 0 Å². The van der Waals surface area contributed by atoms with Gasteiger partial charge in [-0.15, -0.1) is 5.10 Å². The molecule has 2 heterocycles. The van der Waals surface area contributed by atoms with E-state index >= 15 is 0 Å². The van der Waals surface area contributed by atoms with Gasteiger partial charge in [0.15, 0.2) is 11.5 Å². The summed E-state index contributed by atoms with van der Waals surface area (Å²) in [6.07, 6.45) is 0. The number of hydrogen-bond donors (Lipinski definition) is 1. The van der Waals surface area contributed by atoms with E-state index in [2.05, 4.69) is 20.5 Å². The van der Waals surface area contributed by atoms with Crippen LogP contribution in [0.25, 0.3) is 0 Å². The third-order valence-corrected chi connectivity index (χ3v) is 2.18. The number of hydrogen-bond acceptors (Lipinski definition) is 7. The van der Waals surface area contributed by atoms with Gasteiger partial charge in [-0.1, -0.05) is 10.4 Å². The molecule has 0 saturated heterocycles. The van der Waals surface area contributed by atoms with E-state index in [1.165, 1.54) is 11.8 Å². The Balaban J connectivity index is 2.29. The van der Waals surface area contributed by atoms with Gasteiger partial charge in [-0.25, -0.2) is 9.48 Å². The molecule has 2 aromatic rings. The van der Waals surface area contributed by atoms with Gasteiger partial charge in [0.1, 0.15) is 6.54 Å². The highest BCUT2D eigenvalue weighted by atomic mass is 16.5. The molecule has 0 amide bonds. The minimum absolute atomic E-state index is 0.0851. The van der Waals surface area contributed by atoms with Crippen molar-refractivity contribution < 1.29 is 19.2 Å². The van der Waals surface area contributed by atoms with Crippen molar-refractivity contribution in [3.05, 3.63) is 23.1 Å². The van der Waals surface area contributed by atoms with Crippen molar-refractivity contribution >= 4 is 5.97 Å². The van der Waals surface area contributed by atoms with Crippen LogP contribution in [0, 0.1) is 6.92 Å². The molecule has 0 unspecified atom stereocenters. The summed E-state index contributed by atoms with van der Waals surface area (Å²) in [5.41, 5.74) is 0.203. The molecule has 0 saturated carbocycles. The molecule has 96 valence electrons. The van der Waals surface area contributed by atoms with Crippen molar-refractivity contribution in [3.63, 3.8) is 0 Å². The quantitative estimate of drug-likeness (QED) is 0.782. The number of ether oxygens (including phenoxy) is 1. The number of nitrogens with zero attached hydrogens (tertiary/aromatic N) is 5. The number of carboxylic acid groups (broad SMARTS) is 1. The lowest BCUT2D eigenvalue weighted by molar-refractivity contribution is 0.0684. The molecule has 0 aliphatic carbocycles. The summed E-state index contributed by atoms with van der Waals surface area (Å²) in [5.74, 6) is -0.335. The molecule has 0 spiro atoms. The van der Waals surface area contributed by atoms with Gasteiger partial charge in [0.05, 0.1) is 12.3 Å². The predicted molar refractivity (Wildman–Crippen MR) is 55.8 cm³/mol. The van der Waals surface area contributed by atoms with E-state index in [0.717, 1.165) is 0 Å². The molecule has 9 heteroatoms. The maximum Gasteiger partial charge on any atom is 0.358 e. The van der Waals surface area contributed by atoms with Crippen LogP contribution in [0.15, 0.2) is 4.52 Å². The molecule has 1 N–H and O–H groups in total. The lowest BCUT2D eigenvalue weighted by Gasteiger charge is -2.02. The maximum absolute atomic E-state index is 10.9. The van der Waals surface area contributed by atoms with Crippen LogP contribution >= 0.6 is 0 Å². The van der Waals surface area contributed by atoms with E-state index in [4.69, 9.17) is 14.4 Å². The molecule has 9 nitrogen and oxygen atoms in total. The monoisotopic (exact) mass is 253 g/mol. The van der Waals surface area contributed by atoms with Crippen molar-refractivity contribution in [1.82, 2.24) is 25.1 Å². The Labute approximate surface area is 101 Å². The number of rotatable bonds is 5. The van der Waals surface area contributed by atoms with E-state index in [-0.39, 0.29) is 18.8 Å². The summed E-state index contributed by atoms with van der Waals surface area (Å²) in [4.78, 5) is 15.0. The van der Waals surface area contributed by atoms with Crippen LogP contribution in [0.2, 0.25) is 0 Å². The summed E-state index contributed by atoms with van der Waals surface area (Å²) in [5, 5.41) is 19.9. The molecule has 0 fully saturated rings. The van der Waals surface area contributed by atoms with Crippen LogP contribution in [0.5, 0.6) is 0 Å². The molecule has 0 aliphatic heterocycles. The molecular weight excluding hydrogens is 242 g/mol. The summed E-state index contributed by atoms with van der Waals surface area (Å²) < 4.78 is 11.2. The first-order valence-corrected chi connectivity index (χ1v) is 5.05. The van der Waals surface area contributed by atoms with Crippen LogP contribution in [0.1, 0.15) is 27.9 Å². The molecular formula is C9H11N5O4. The molecule has 0 atom stereocenters. The van der Waals surface area contributed by atoms with Crippen molar-refractivity contribution in [1.29, 1.82) is 0 Å². The first-order chi connectivity index (χ1) is 8.61. The Hall–Kier alpha value is -2.29. The van der Waals surface area contributed by atoms with Gasteiger partial charge in [0.25, 0.3) is 0 Å². The fraction of sp³-hybridized carbons (Fsp3) is 0.444. The smallest absolute Gasteiger partial charge is 0.358 e. The largest absolute Gasteiger partial charge is 0.476 e. The second kappa shape index (κ2) is 4.92. The van der Waals surface area contributed by atoms with Gasteiger partial charge in [0, 0.05) is 7.11 Å². The second-order valence-electron chi connectivity index (χ2n) is 3.52. The summed E-state index contributed by atoms with van der Waals surface area (Å²) in [6, 6.07) is 0. The molecule has 0 aliphatic rings. The molecule has 2 aromatic heterocycles. The highest BCUT2D eigenvalue weighted by molar-refractivity contribution is 5.86. The van der Waals surface area contributed by atoms with Crippen LogP contribution in [-0.4, -0.2) is 43.3 Å². The fourth-order valence-electron chi connectivity index (χ4n) is 1.44. The summed E-state index contributed by atoms with van der Waals surface area (Å²) in [7, 11) is 1.46. The van der Waals surface area contributed by atoms with E-state index < -0.39 is 5.97 Å². The third kappa shape index (κ3) is 2.35. The highest BCUT2D eigenvalue weighted by Gasteiger charge is 2.20. The Morgan fingerprint density at radius 2 is 2.33 bits per heavy atom. The molecule has 0 aromatic carbocycles. The van der Waals surface area contributed by atoms with Crippen molar-refractivity contribution in [2.75, 3.05) is 7.11 Å².